The molecule has 0 saturated carbocycles. The molecule has 0 unspecified atom stereocenters. The first kappa shape index (κ1) is 21.6. The maximum Gasteiger partial charge on any atom is 0.335 e. The van der Waals surface area contributed by atoms with E-state index in [0.29, 0.717) is 17.9 Å². The average Bonchev–Trinajstić information content (AvgIpc) is 2.78. The van der Waals surface area contributed by atoms with Gasteiger partial charge in [-0.05, 0) is 47.5 Å². The van der Waals surface area contributed by atoms with E-state index in [-0.39, 0.29) is 21.3 Å². The molecule has 0 radical (unpaired) electrons. The van der Waals surface area contributed by atoms with Gasteiger partial charge in [-0.25, -0.2) is 9.69 Å². The molecule has 32 heavy (non-hydrogen) atoms. The molecule has 1 aliphatic rings. The summed E-state index contributed by atoms with van der Waals surface area (Å²) in [6.07, 6.45) is 1.41. The summed E-state index contributed by atoms with van der Waals surface area (Å²) in [5, 5.41) is 2.63. The maximum absolute atomic E-state index is 13.0. The second kappa shape index (κ2) is 9.26. The van der Waals surface area contributed by atoms with Crippen LogP contribution in [0, 0.1) is 0 Å². The van der Waals surface area contributed by atoms with Gasteiger partial charge in [-0.1, -0.05) is 65.7 Å². The van der Waals surface area contributed by atoms with Crippen LogP contribution >= 0.6 is 23.2 Å². The number of hydrogen-bond acceptors (Lipinski definition) is 4. The third kappa shape index (κ3) is 4.66. The number of barbiturate groups is 1. The number of nitrogens with zero attached hydrogens (tertiary/aromatic N) is 1. The van der Waals surface area contributed by atoms with Crippen molar-refractivity contribution in [2.75, 3.05) is 4.90 Å². The smallest absolute Gasteiger partial charge is 0.335 e. The standard InChI is InChI=1S/C24H16Cl2N2O4/c25-20-10-9-17(13-21(20)26)28-23(30)19(22(29)27-24(28)31)12-16-7-4-8-18(11-16)32-14-15-5-2-1-3-6-15/h1-13H,14H2,(H,27,29,31)/b19-12-. The Kier molecular flexibility index (Phi) is 6.25. The molecule has 4 amide bonds. The normalized spacial score (nSPS) is 15.1. The molecule has 1 heterocycles. The van der Waals surface area contributed by atoms with Crippen molar-refractivity contribution in [3.63, 3.8) is 0 Å². The second-order valence-corrected chi connectivity index (χ2v) is 7.72. The van der Waals surface area contributed by atoms with Crippen molar-refractivity contribution in [1.29, 1.82) is 0 Å². The molecule has 1 saturated heterocycles. The van der Waals surface area contributed by atoms with Crippen LogP contribution in [0.1, 0.15) is 11.1 Å². The minimum absolute atomic E-state index is 0.176. The summed E-state index contributed by atoms with van der Waals surface area (Å²) in [5.41, 5.74) is 1.57. The third-order valence-electron chi connectivity index (χ3n) is 4.68. The van der Waals surface area contributed by atoms with Crippen molar-refractivity contribution in [2.24, 2.45) is 0 Å². The molecule has 8 heteroatoms. The minimum atomic E-state index is -0.865. The molecule has 0 aromatic heterocycles. The number of nitrogens with one attached hydrogen (secondary N) is 1. The molecule has 1 aliphatic heterocycles. The van der Waals surface area contributed by atoms with E-state index in [4.69, 9.17) is 27.9 Å². The van der Waals surface area contributed by atoms with Gasteiger partial charge in [0.2, 0.25) is 0 Å². The van der Waals surface area contributed by atoms with Crippen molar-refractivity contribution in [3.05, 3.63) is 99.5 Å². The number of rotatable bonds is 5. The van der Waals surface area contributed by atoms with Crippen LogP contribution in [0.3, 0.4) is 0 Å². The number of carbonyl (C=O) groups is 3. The summed E-state index contributed by atoms with van der Waals surface area (Å²) in [4.78, 5) is 38.6. The summed E-state index contributed by atoms with van der Waals surface area (Å²) >= 11 is 11.9. The Bertz CT molecular complexity index is 1240. The topological polar surface area (TPSA) is 75.7 Å². The van der Waals surface area contributed by atoms with E-state index in [9.17, 15) is 14.4 Å². The van der Waals surface area contributed by atoms with Gasteiger partial charge in [0.15, 0.2) is 0 Å². The molecule has 3 aromatic carbocycles. The number of urea groups is 1. The van der Waals surface area contributed by atoms with Gasteiger partial charge < -0.3 is 4.74 Å². The zero-order valence-corrected chi connectivity index (χ0v) is 18.1. The predicted molar refractivity (Wildman–Crippen MR) is 123 cm³/mol. The summed E-state index contributed by atoms with van der Waals surface area (Å²) in [6, 6.07) is 20.1. The lowest BCUT2D eigenvalue weighted by atomic mass is 10.1. The Morgan fingerprint density at radius 2 is 1.66 bits per heavy atom. The lowest BCUT2D eigenvalue weighted by Gasteiger charge is -2.26. The highest BCUT2D eigenvalue weighted by Gasteiger charge is 2.37. The zero-order valence-electron chi connectivity index (χ0n) is 16.5. The monoisotopic (exact) mass is 466 g/mol. The summed E-state index contributed by atoms with van der Waals surface area (Å²) in [5.74, 6) is -0.982. The van der Waals surface area contributed by atoms with Crippen molar-refractivity contribution in [3.8, 4) is 5.75 Å². The van der Waals surface area contributed by atoms with Crippen LogP contribution in [0.5, 0.6) is 5.75 Å². The number of anilines is 1. The Hall–Kier alpha value is -3.61. The largest absolute Gasteiger partial charge is 0.489 e. The number of amides is 4. The van der Waals surface area contributed by atoms with Crippen LogP contribution in [0.2, 0.25) is 10.0 Å². The van der Waals surface area contributed by atoms with Crippen LogP contribution < -0.4 is 15.0 Å². The fraction of sp³-hybridized carbons (Fsp3) is 0.0417. The van der Waals surface area contributed by atoms with Crippen LogP contribution in [-0.2, 0) is 16.2 Å². The third-order valence-corrected chi connectivity index (χ3v) is 5.42. The molecule has 0 spiro atoms. The number of ether oxygens (including phenoxy) is 1. The molecule has 0 atom stereocenters. The molecule has 6 nitrogen and oxygen atoms in total. The maximum atomic E-state index is 13.0. The molecule has 160 valence electrons. The lowest BCUT2D eigenvalue weighted by Crippen LogP contribution is -2.54. The molecule has 1 N–H and O–H groups in total. The Morgan fingerprint density at radius 3 is 2.41 bits per heavy atom. The molecule has 3 aromatic rings. The second-order valence-electron chi connectivity index (χ2n) is 6.90. The van der Waals surface area contributed by atoms with Crippen LogP contribution in [-0.4, -0.2) is 17.8 Å². The van der Waals surface area contributed by atoms with Crippen molar-refractivity contribution in [1.82, 2.24) is 5.32 Å². The van der Waals surface area contributed by atoms with Crippen molar-refractivity contribution < 1.29 is 19.1 Å². The Balaban J connectivity index is 1.59. The number of carbonyl (C=O) groups excluding carboxylic acids is 3. The summed E-state index contributed by atoms with van der Waals surface area (Å²) in [6.45, 7) is 0.375. The quantitative estimate of drug-likeness (QED) is 0.412. The number of imide groups is 2. The first-order valence-electron chi connectivity index (χ1n) is 9.55. The van der Waals surface area contributed by atoms with Crippen LogP contribution in [0.15, 0.2) is 78.4 Å². The molecule has 0 bridgehead atoms. The van der Waals surface area contributed by atoms with Crippen LogP contribution in [0.4, 0.5) is 10.5 Å². The SMILES string of the molecule is O=C1NC(=O)N(c2ccc(Cl)c(Cl)c2)C(=O)/C1=C\c1cccc(OCc2ccccc2)c1. The average molecular weight is 467 g/mol. The van der Waals surface area contributed by atoms with Gasteiger partial charge in [-0.2, -0.15) is 0 Å². The fourth-order valence-corrected chi connectivity index (χ4v) is 3.41. The van der Waals surface area contributed by atoms with E-state index in [1.54, 1.807) is 24.3 Å². The van der Waals surface area contributed by atoms with E-state index in [1.165, 1.54) is 24.3 Å². The van der Waals surface area contributed by atoms with E-state index in [0.717, 1.165) is 10.5 Å². The van der Waals surface area contributed by atoms with E-state index in [2.05, 4.69) is 5.32 Å². The summed E-state index contributed by atoms with van der Waals surface area (Å²) < 4.78 is 5.80. The van der Waals surface area contributed by atoms with Gasteiger partial charge in [-0.15, -0.1) is 0 Å². The highest BCUT2D eigenvalue weighted by Crippen LogP contribution is 2.29. The van der Waals surface area contributed by atoms with Crippen molar-refractivity contribution in [2.45, 2.75) is 6.61 Å². The lowest BCUT2D eigenvalue weighted by molar-refractivity contribution is -0.122. The first-order valence-corrected chi connectivity index (χ1v) is 10.3. The van der Waals surface area contributed by atoms with Crippen molar-refractivity contribution >= 4 is 52.8 Å². The predicted octanol–water partition coefficient (Wildman–Crippen LogP) is 5.24. The van der Waals surface area contributed by atoms with Gasteiger partial charge in [0.1, 0.15) is 17.9 Å². The van der Waals surface area contributed by atoms with Gasteiger partial charge in [-0.3, -0.25) is 14.9 Å². The van der Waals surface area contributed by atoms with E-state index < -0.39 is 17.8 Å². The Labute approximate surface area is 194 Å². The number of halogens is 2. The number of benzene rings is 3. The molecular weight excluding hydrogens is 451 g/mol. The van der Waals surface area contributed by atoms with Gasteiger partial charge in [0.05, 0.1) is 15.7 Å². The van der Waals surface area contributed by atoms with Gasteiger partial charge >= 0.3 is 6.03 Å². The van der Waals surface area contributed by atoms with E-state index >= 15 is 0 Å². The summed E-state index contributed by atoms with van der Waals surface area (Å²) in [7, 11) is 0. The number of hydrogen-bond donors (Lipinski definition) is 1. The van der Waals surface area contributed by atoms with Gasteiger partial charge in [0.25, 0.3) is 11.8 Å². The van der Waals surface area contributed by atoms with Gasteiger partial charge in [0, 0.05) is 0 Å². The fourth-order valence-electron chi connectivity index (χ4n) is 3.12. The Morgan fingerprint density at radius 1 is 0.875 bits per heavy atom. The highest BCUT2D eigenvalue weighted by molar-refractivity contribution is 6.43. The minimum Gasteiger partial charge on any atom is -0.489 e. The molecule has 0 aliphatic carbocycles. The van der Waals surface area contributed by atoms with E-state index in [1.807, 2.05) is 30.3 Å². The molecular formula is C24H16Cl2N2O4. The molecule has 1 fully saturated rings. The zero-order chi connectivity index (χ0) is 22.7. The van der Waals surface area contributed by atoms with Crippen LogP contribution in [0.25, 0.3) is 6.08 Å². The first-order chi connectivity index (χ1) is 15.4. The molecule has 4 rings (SSSR count). The highest BCUT2D eigenvalue weighted by atomic mass is 35.5.